The van der Waals surface area contributed by atoms with Crippen molar-refractivity contribution in [3.63, 3.8) is 0 Å². The number of non-ortho nitro benzene ring substituents is 1. The predicted octanol–water partition coefficient (Wildman–Crippen LogP) is 0.988. The minimum Gasteiger partial charge on any atom is -0.264 e. The summed E-state index contributed by atoms with van der Waals surface area (Å²) >= 11 is 0. The van der Waals surface area contributed by atoms with Gasteiger partial charge in [-0.05, 0) is 12.1 Å². The molecule has 0 saturated heterocycles. The highest BCUT2D eigenvalue weighted by molar-refractivity contribution is 5.92. The molecule has 0 bridgehead atoms. The Balaban J connectivity index is 2.89. The molecule has 0 saturated carbocycles. The van der Waals surface area contributed by atoms with Crippen molar-refractivity contribution < 1.29 is 19.8 Å². The fourth-order valence-electron chi connectivity index (χ4n) is 0.919. The summed E-state index contributed by atoms with van der Waals surface area (Å²) in [4.78, 5) is 25.2. The minimum atomic E-state index is -0.799. The zero-order valence-corrected chi connectivity index (χ0v) is 7.78. The van der Waals surface area contributed by atoms with E-state index in [9.17, 15) is 14.9 Å². The number of carbonyl (C=O) groups is 1. The van der Waals surface area contributed by atoms with Crippen LogP contribution in [0.1, 0.15) is 10.4 Å². The fourth-order valence-corrected chi connectivity index (χ4v) is 0.919. The van der Waals surface area contributed by atoms with Crippen molar-refractivity contribution in [1.82, 2.24) is 5.23 Å². The van der Waals surface area contributed by atoms with E-state index in [2.05, 4.69) is 4.84 Å². The van der Waals surface area contributed by atoms with Crippen molar-refractivity contribution >= 4 is 11.6 Å². The van der Waals surface area contributed by atoms with Crippen LogP contribution in [0.25, 0.3) is 0 Å². The monoisotopic (exact) mass is 212 g/mol. The summed E-state index contributed by atoms with van der Waals surface area (Å²) in [6.45, 7) is 0. The first-order valence-corrected chi connectivity index (χ1v) is 3.88. The molecule has 0 fully saturated rings. The summed E-state index contributed by atoms with van der Waals surface area (Å²) in [6.07, 6.45) is 0. The number of amides is 1. The van der Waals surface area contributed by atoms with E-state index in [4.69, 9.17) is 5.21 Å². The van der Waals surface area contributed by atoms with E-state index >= 15 is 0 Å². The van der Waals surface area contributed by atoms with E-state index in [1.807, 2.05) is 0 Å². The molecule has 7 nitrogen and oxygen atoms in total. The molecular formula is C8H8N2O5. The van der Waals surface area contributed by atoms with E-state index < -0.39 is 10.8 Å². The Hall–Kier alpha value is -1.99. The van der Waals surface area contributed by atoms with Crippen LogP contribution in [-0.4, -0.2) is 28.4 Å². The SMILES string of the molecule is CON(O)C(=O)c1ccc([N+](=O)[O-])cc1. The highest BCUT2D eigenvalue weighted by atomic mass is 16.9. The molecule has 80 valence electrons. The largest absolute Gasteiger partial charge is 0.303 e. The van der Waals surface area contributed by atoms with Crippen LogP contribution in [0.15, 0.2) is 24.3 Å². The predicted molar refractivity (Wildman–Crippen MR) is 48.1 cm³/mol. The number of benzene rings is 1. The molecule has 1 N–H and O–H groups in total. The Labute approximate surface area is 84.6 Å². The van der Waals surface area contributed by atoms with Crippen LogP contribution in [0.4, 0.5) is 5.69 Å². The third kappa shape index (κ3) is 2.48. The van der Waals surface area contributed by atoms with Gasteiger partial charge in [-0.25, -0.2) is 4.84 Å². The molecule has 0 unspecified atom stereocenters. The molecule has 0 aliphatic rings. The first kappa shape index (κ1) is 11.1. The molecule has 7 heteroatoms. The lowest BCUT2D eigenvalue weighted by Crippen LogP contribution is -2.25. The third-order valence-electron chi connectivity index (χ3n) is 1.67. The molecule has 1 amide bonds. The summed E-state index contributed by atoms with van der Waals surface area (Å²) < 4.78 is 0. The zero-order chi connectivity index (χ0) is 11.4. The van der Waals surface area contributed by atoms with Crippen molar-refractivity contribution in [3.8, 4) is 0 Å². The van der Waals surface area contributed by atoms with E-state index in [1.54, 1.807) is 0 Å². The highest BCUT2D eigenvalue weighted by Crippen LogP contribution is 2.12. The summed E-state index contributed by atoms with van der Waals surface area (Å²) in [6, 6.07) is 4.78. The van der Waals surface area contributed by atoms with Gasteiger partial charge < -0.3 is 0 Å². The van der Waals surface area contributed by atoms with E-state index in [1.165, 1.54) is 12.1 Å². The van der Waals surface area contributed by atoms with Crippen LogP contribution >= 0.6 is 0 Å². The third-order valence-corrected chi connectivity index (χ3v) is 1.67. The van der Waals surface area contributed by atoms with Gasteiger partial charge >= 0.3 is 5.91 Å². The molecule has 0 spiro atoms. The van der Waals surface area contributed by atoms with Crippen LogP contribution in [0.3, 0.4) is 0 Å². The van der Waals surface area contributed by atoms with Crippen LogP contribution in [0, 0.1) is 10.1 Å². The number of carbonyl (C=O) groups excluding carboxylic acids is 1. The first-order valence-electron chi connectivity index (χ1n) is 3.88. The molecule has 0 radical (unpaired) electrons. The molecule has 15 heavy (non-hydrogen) atoms. The topological polar surface area (TPSA) is 92.9 Å². The van der Waals surface area contributed by atoms with Gasteiger partial charge in [-0.3, -0.25) is 20.1 Å². The molecule has 1 rings (SSSR count). The van der Waals surface area contributed by atoms with Crippen LogP contribution < -0.4 is 0 Å². The number of hydrogen-bond acceptors (Lipinski definition) is 5. The van der Waals surface area contributed by atoms with Gasteiger partial charge in [0.05, 0.1) is 12.0 Å². The molecule has 1 aromatic carbocycles. The molecule has 0 aromatic heterocycles. The van der Waals surface area contributed by atoms with Crippen LogP contribution in [-0.2, 0) is 4.84 Å². The van der Waals surface area contributed by atoms with Gasteiger partial charge in [-0.1, -0.05) is 5.23 Å². The van der Waals surface area contributed by atoms with Gasteiger partial charge in [-0.15, -0.1) is 0 Å². The summed E-state index contributed by atoms with van der Waals surface area (Å²) in [5, 5.41) is 19.2. The smallest absolute Gasteiger partial charge is 0.264 e. The second-order valence-electron chi connectivity index (χ2n) is 2.56. The minimum absolute atomic E-state index is 0.0428. The molecule has 0 atom stereocenters. The van der Waals surface area contributed by atoms with Gasteiger partial charge in [-0.2, -0.15) is 0 Å². The summed E-state index contributed by atoms with van der Waals surface area (Å²) in [5.41, 5.74) is -0.0431. The number of nitro benzene ring substituents is 1. The van der Waals surface area contributed by atoms with E-state index in [0.29, 0.717) is 0 Å². The maximum absolute atomic E-state index is 11.2. The molecular weight excluding hydrogens is 204 g/mol. The van der Waals surface area contributed by atoms with Crippen molar-refractivity contribution in [2.45, 2.75) is 0 Å². The zero-order valence-electron chi connectivity index (χ0n) is 7.78. The fraction of sp³-hybridized carbons (Fsp3) is 0.125. The average molecular weight is 212 g/mol. The number of nitrogens with zero attached hydrogens (tertiary/aromatic N) is 2. The van der Waals surface area contributed by atoms with Gasteiger partial charge in [0.2, 0.25) is 0 Å². The Morgan fingerprint density at radius 2 is 2.00 bits per heavy atom. The second-order valence-corrected chi connectivity index (χ2v) is 2.56. The Morgan fingerprint density at radius 1 is 1.47 bits per heavy atom. The quantitative estimate of drug-likeness (QED) is 0.458. The van der Waals surface area contributed by atoms with Gasteiger partial charge in [0.15, 0.2) is 0 Å². The molecule has 0 aliphatic carbocycles. The Bertz CT molecular complexity index is 375. The number of hydroxylamine groups is 2. The van der Waals surface area contributed by atoms with Gasteiger partial charge in [0.25, 0.3) is 5.69 Å². The maximum atomic E-state index is 11.2. The second kappa shape index (κ2) is 4.49. The van der Waals surface area contributed by atoms with Crippen molar-refractivity contribution in [3.05, 3.63) is 39.9 Å². The number of rotatable bonds is 3. The standard InChI is InChI=1S/C8H8N2O5/c1-15-10(14)8(11)6-2-4-7(5-3-6)9(12)13/h2-5,14H,1H3. The molecule has 0 heterocycles. The van der Waals surface area contributed by atoms with Gasteiger partial charge in [0, 0.05) is 17.7 Å². The lowest BCUT2D eigenvalue weighted by Gasteiger charge is -2.10. The van der Waals surface area contributed by atoms with Crippen molar-refractivity contribution in [2.75, 3.05) is 7.11 Å². The first-order chi connectivity index (χ1) is 7.06. The van der Waals surface area contributed by atoms with E-state index in [0.717, 1.165) is 19.2 Å². The van der Waals surface area contributed by atoms with Crippen molar-refractivity contribution in [1.29, 1.82) is 0 Å². The van der Waals surface area contributed by atoms with Gasteiger partial charge in [0.1, 0.15) is 0 Å². The molecule has 0 aliphatic heterocycles. The molecule has 1 aromatic rings. The average Bonchev–Trinajstić information content (AvgIpc) is 2.27. The summed E-state index contributed by atoms with van der Waals surface area (Å²) in [7, 11) is 1.11. The lowest BCUT2D eigenvalue weighted by molar-refractivity contribution is -0.384. The van der Waals surface area contributed by atoms with E-state index in [-0.39, 0.29) is 16.5 Å². The van der Waals surface area contributed by atoms with Crippen LogP contribution in [0.5, 0.6) is 0 Å². The van der Waals surface area contributed by atoms with Crippen molar-refractivity contribution in [2.24, 2.45) is 0 Å². The number of hydrogen-bond donors (Lipinski definition) is 1. The Morgan fingerprint density at radius 3 is 2.40 bits per heavy atom. The lowest BCUT2D eigenvalue weighted by atomic mass is 10.2. The Kier molecular flexibility index (Phi) is 3.32. The van der Waals surface area contributed by atoms with Crippen LogP contribution in [0.2, 0.25) is 0 Å². The normalized spacial score (nSPS) is 9.73. The number of nitro groups is 1. The highest BCUT2D eigenvalue weighted by Gasteiger charge is 2.14. The maximum Gasteiger partial charge on any atom is 0.303 e. The summed E-state index contributed by atoms with van der Waals surface area (Å²) in [5.74, 6) is -0.799.